The molecule has 0 saturated carbocycles. The quantitative estimate of drug-likeness (QED) is 0.115. The Balaban J connectivity index is 1.93. The molecule has 0 spiro atoms. The van der Waals surface area contributed by atoms with E-state index in [4.69, 9.17) is 0 Å². The molecule has 0 radical (unpaired) electrons. The molecular weight excluding hydrogens is 714 g/mol. The summed E-state index contributed by atoms with van der Waals surface area (Å²) in [5.41, 5.74) is 6.37. The second-order valence-electron chi connectivity index (χ2n) is 8.17. The fraction of sp³-hybridized carbons (Fsp3) is 0.520. The number of hydrogen-bond acceptors (Lipinski definition) is 0. The topological polar surface area (TPSA) is 0 Å². The van der Waals surface area contributed by atoms with Crippen LogP contribution in [0, 0.1) is 7.14 Å². The van der Waals surface area contributed by atoms with Gasteiger partial charge in [0, 0.05) is 23.2 Å². The van der Waals surface area contributed by atoms with Gasteiger partial charge < -0.3 is 0 Å². The molecular formula is C25H30Br2I2. The smallest absolute Gasteiger partial charge is 0.0216 e. The van der Waals surface area contributed by atoms with Crippen molar-refractivity contribution in [1.82, 2.24) is 0 Å². The van der Waals surface area contributed by atoms with Crippen molar-refractivity contribution in [1.29, 1.82) is 0 Å². The van der Waals surface area contributed by atoms with Crippen LogP contribution >= 0.6 is 77.0 Å². The molecule has 1 aliphatic carbocycles. The van der Waals surface area contributed by atoms with Crippen molar-refractivity contribution >= 4 is 77.0 Å². The summed E-state index contributed by atoms with van der Waals surface area (Å²) in [4.78, 5) is 0. The summed E-state index contributed by atoms with van der Waals surface area (Å²) < 4.78 is 2.73. The van der Waals surface area contributed by atoms with Crippen LogP contribution in [0.5, 0.6) is 0 Å². The first-order chi connectivity index (χ1) is 14.1. The minimum absolute atomic E-state index is 0.204. The lowest BCUT2D eigenvalue weighted by atomic mass is 9.70. The van der Waals surface area contributed by atoms with Crippen LogP contribution in [-0.4, -0.2) is 10.7 Å². The Bertz CT molecular complexity index is 736. The molecule has 29 heavy (non-hydrogen) atoms. The van der Waals surface area contributed by atoms with Crippen LogP contribution in [0.4, 0.5) is 0 Å². The van der Waals surface area contributed by atoms with E-state index in [1.54, 1.807) is 11.1 Å². The largest absolute Gasteiger partial charge is 0.0928 e. The maximum atomic E-state index is 3.59. The first-order valence-electron chi connectivity index (χ1n) is 10.8. The van der Waals surface area contributed by atoms with Crippen LogP contribution in [0.2, 0.25) is 0 Å². The average Bonchev–Trinajstić information content (AvgIpc) is 2.96. The van der Waals surface area contributed by atoms with Gasteiger partial charge in [0.2, 0.25) is 0 Å². The van der Waals surface area contributed by atoms with Gasteiger partial charge in [0.05, 0.1) is 0 Å². The van der Waals surface area contributed by atoms with Gasteiger partial charge in [0.15, 0.2) is 0 Å². The minimum Gasteiger partial charge on any atom is -0.0928 e. The highest BCUT2D eigenvalue weighted by Gasteiger charge is 2.42. The fourth-order valence-corrected chi connectivity index (χ4v) is 6.63. The third-order valence-electron chi connectivity index (χ3n) is 6.26. The first-order valence-corrected chi connectivity index (χ1v) is 15.2. The fourth-order valence-electron chi connectivity index (χ4n) is 4.85. The molecule has 3 rings (SSSR count). The van der Waals surface area contributed by atoms with E-state index in [2.05, 4.69) is 113 Å². The molecule has 0 bridgehead atoms. The summed E-state index contributed by atoms with van der Waals surface area (Å²) in [6.07, 6.45) is 13.2. The lowest BCUT2D eigenvalue weighted by molar-refractivity contribution is 0.401. The molecule has 4 heteroatoms. The van der Waals surface area contributed by atoms with Crippen molar-refractivity contribution in [3.8, 4) is 11.1 Å². The molecule has 0 atom stereocenters. The molecule has 0 aliphatic heterocycles. The maximum Gasteiger partial charge on any atom is 0.0216 e. The van der Waals surface area contributed by atoms with Gasteiger partial charge in [-0.05, 0) is 117 Å². The van der Waals surface area contributed by atoms with Gasteiger partial charge in [-0.25, -0.2) is 0 Å². The van der Waals surface area contributed by atoms with E-state index >= 15 is 0 Å². The van der Waals surface area contributed by atoms with Crippen molar-refractivity contribution in [2.24, 2.45) is 0 Å². The van der Waals surface area contributed by atoms with Gasteiger partial charge in [-0.3, -0.25) is 0 Å². The van der Waals surface area contributed by atoms with E-state index in [1.807, 2.05) is 0 Å². The minimum atomic E-state index is 0.204. The molecule has 0 N–H and O–H groups in total. The average molecular weight is 744 g/mol. The zero-order valence-electron chi connectivity index (χ0n) is 17.0. The Morgan fingerprint density at radius 3 is 1.41 bits per heavy atom. The predicted octanol–water partition coefficient (Wildman–Crippen LogP) is 9.85. The standard InChI is InChI=1S/C25H30Br2I2/c26-15-7-3-1-5-13-25(14-6-2-4-8-16-27)23-17-19(28)9-11-21(23)22-12-10-20(29)18-24(22)25/h9-12,17-18H,1-8,13-16H2. The van der Waals surface area contributed by atoms with Crippen LogP contribution < -0.4 is 0 Å². The summed E-state index contributed by atoms with van der Waals surface area (Å²) in [5, 5.41) is 2.27. The van der Waals surface area contributed by atoms with Crippen molar-refractivity contribution < 1.29 is 0 Å². The van der Waals surface area contributed by atoms with Crippen molar-refractivity contribution in [2.45, 2.75) is 69.6 Å². The molecule has 0 unspecified atom stereocenters. The molecule has 2 aromatic rings. The van der Waals surface area contributed by atoms with Crippen LogP contribution in [0.15, 0.2) is 36.4 Å². The van der Waals surface area contributed by atoms with E-state index in [1.165, 1.54) is 82.5 Å². The molecule has 0 fully saturated rings. The van der Waals surface area contributed by atoms with Gasteiger partial charge in [0.25, 0.3) is 0 Å². The van der Waals surface area contributed by atoms with Crippen LogP contribution in [-0.2, 0) is 5.41 Å². The molecule has 0 heterocycles. The summed E-state index contributed by atoms with van der Waals surface area (Å²) in [5.74, 6) is 0. The van der Waals surface area contributed by atoms with Crippen LogP contribution in [0.1, 0.15) is 75.3 Å². The number of alkyl halides is 2. The van der Waals surface area contributed by atoms with Gasteiger partial charge in [0.1, 0.15) is 0 Å². The third-order valence-corrected chi connectivity index (χ3v) is 8.72. The van der Waals surface area contributed by atoms with Crippen molar-refractivity contribution in [2.75, 3.05) is 10.7 Å². The lowest BCUT2D eigenvalue weighted by Gasteiger charge is -2.33. The summed E-state index contributed by atoms with van der Waals surface area (Å²) in [7, 11) is 0. The highest BCUT2D eigenvalue weighted by molar-refractivity contribution is 14.1. The molecule has 0 aromatic heterocycles. The number of rotatable bonds is 12. The predicted molar refractivity (Wildman–Crippen MR) is 152 cm³/mol. The Morgan fingerprint density at radius 2 is 1.00 bits per heavy atom. The summed E-state index contributed by atoms with van der Waals surface area (Å²) in [6.45, 7) is 0. The molecule has 158 valence electrons. The molecule has 2 aromatic carbocycles. The zero-order chi connectivity index (χ0) is 20.7. The van der Waals surface area contributed by atoms with Crippen LogP contribution in [0.3, 0.4) is 0 Å². The number of benzene rings is 2. The molecule has 0 nitrogen and oxygen atoms in total. The van der Waals surface area contributed by atoms with Gasteiger partial charge in [-0.2, -0.15) is 0 Å². The lowest BCUT2D eigenvalue weighted by Crippen LogP contribution is -2.25. The monoisotopic (exact) mass is 742 g/mol. The second-order valence-corrected chi connectivity index (χ2v) is 12.2. The maximum absolute atomic E-state index is 3.59. The highest BCUT2D eigenvalue weighted by atomic mass is 127. The number of halogens is 4. The zero-order valence-corrected chi connectivity index (χ0v) is 24.4. The summed E-state index contributed by atoms with van der Waals surface area (Å²) in [6, 6.07) is 14.3. The van der Waals surface area contributed by atoms with Gasteiger partial charge >= 0.3 is 0 Å². The molecule has 0 saturated heterocycles. The Morgan fingerprint density at radius 1 is 0.586 bits per heavy atom. The Kier molecular flexibility index (Phi) is 10.3. The molecule has 1 aliphatic rings. The third kappa shape index (κ3) is 6.01. The Labute approximate surface area is 220 Å². The van der Waals surface area contributed by atoms with E-state index in [0.717, 1.165) is 10.7 Å². The van der Waals surface area contributed by atoms with Gasteiger partial charge in [-0.1, -0.05) is 82.5 Å². The van der Waals surface area contributed by atoms with Crippen molar-refractivity contribution in [3.63, 3.8) is 0 Å². The number of fused-ring (bicyclic) bond motifs is 3. The first kappa shape index (κ1) is 24.5. The van der Waals surface area contributed by atoms with E-state index < -0.39 is 0 Å². The SMILES string of the molecule is BrCCCCCCC1(CCCCCCBr)c2cc(I)ccc2-c2ccc(I)cc21. The van der Waals surface area contributed by atoms with Gasteiger partial charge in [-0.15, -0.1) is 0 Å². The normalized spacial score (nSPS) is 14.1. The van der Waals surface area contributed by atoms with Crippen LogP contribution in [0.25, 0.3) is 11.1 Å². The number of hydrogen-bond donors (Lipinski definition) is 0. The highest BCUT2D eigenvalue weighted by Crippen LogP contribution is 2.54. The molecule has 0 amide bonds. The summed E-state index contributed by atoms with van der Waals surface area (Å²) >= 11 is 12.2. The Hall–Kier alpha value is 0.860. The second kappa shape index (κ2) is 12.2. The number of unbranched alkanes of at least 4 members (excludes halogenated alkanes) is 6. The van der Waals surface area contributed by atoms with Crippen molar-refractivity contribution in [3.05, 3.63) is 54.7 Å². The van der Waals surface area contributed by atoms with E-state index in [0.29, 0.717) is 0 Å². The van der Waals surface area contributed by atoms with E-state index in [-0.39, 0.29) is 5.41 Å². The van der Waals surface area contributed by atoms with E-state index in [9.17, 15) is 0 Å².